The fourth-order valence-electron chi connectivity index (χ4n) is 4.67. The van der Waals surface area contributed by atoms with Gasteiger partial charge in [-0.15, -0.1) is 0 Å². The smallest absolute Gasteiger partial charge is 0.145 e. The second-order valence-electron chi connectivity index (χ2n) is 8.48. The number of halogens is 2. The summed E-state index contributed by atoms with van der Waals surface area (Å²) in [5.74, 6) is 0. The summed E-state index contributed by atoms with van der Waals surface area (Å²) in [6.45, 7) is 0. The van der Waals surface area contributed by atoms with Gasteiger partial charge in [0, 0.05) is 10.2 Å². The van der Waals surface area contributed by atoms with E-state index in [4.69, 9.17) is 5.73 Å². The highest BCUT2D eigenvalue weighted by Crippen LogP contribution is 2.55. The minimum atomic E-state index is -2.21. The van der Waals surface area contributed by atoms with Crippen molar-refractivity contribution in [1.29, 1.82) is 0 Å². The maximum Gasteiger partial charge on any atom is 0.145 e. The van der Waals surface area contributed by atoms with Crippen molar-refractivity contribution in [3.05, 3.63) is 147 Å². The molecule has 0 atom stereocenters. The Labute approximate surface area is 224 Å². The van der Waals surface area contributed by atoms with E-state index in [0.29, 0.717) is 0 Å². The van der Waals surface area contributed by atoms with Crippen LogP contribution in [0.15, 0.2) is 136 Å². The lowest BCUT2D eigenvalue weighted by Crippen LogP contribution is -2.39. The first-order valence-electron chi connectivity index (χ1n) is 11.5. The molecule has 0 fully saturated rings. The van der Waals surface area contributed by atoms with Crippen molar-refractivity contribution in [1.82, 2.24) is 0 Å². The molecular formula is C31H25Br2NP+. The molecule has 5 aromatic carbocycles. The molecule has 4 heteroatoms. The van der Waals surface area contributed by atoms with Crippen molar-refractivity contribution in [3.8, 4) is 0 Å². The predicted octanol–water partition coefficient (Wildman–Crippen LogP) is 7.00. The Morgan fingerprint density at radius 2 is 1.11 bits per heavy atom. The third kappa shape index (κ3) is 4.74. The first-order valence-corrected chi connectivity index (χ1v) is 14.9. The molecule has 2 N–H and O–H groups in total. The van der Waals surface area contributed by atoms with Gasteiger partial charge in [0.05, 0.1) is 4.47 Å². The number of rotatable bonds is 6. The van der Waals surface area contributed by atoms with E-state index in [9.17, 15) is 0 Å². The second kappa shape index (κ2) is 10.5. The summed E-state index contributed by atoms with van der Waals surface area (Å²) in [6, 6.07) is 45.6. The van der Waals surface area contributed by atoms with Crippen LogP contribution in [0.3, 0.4) is 0 Å². The van der Waals surface area contributed by atoms with Gasteiger partial charge in [0.15, 0.2) is 0 Å². The van der Waals surface area contributed by atoms with Gasteiger partial charge in [-0.05, 0) is 100 Å². The van der Waals surface area contributed by atoms with Crippen molar-refractivity contribution >= 4 is 66.0 Å². The maximum absolute atomic E-state index is 6.30. The van der Waals surface area contributed by atoms with E-state index in [1.807, 2.05) is 12.1 Å². The van der Waals surface area contributed by atoms with Gasteiger partial charge >= 0.3 is 0 Å². The molecule has 5 rings (SSSR count). The van der Waals surface area contributed by atoms with Gasteiger partial charge in [0.2, 0.25) is 0 Å². The lowest BCUT2D eigenvalue weighted by Gasteiger charge is -2.29. The number of hydrogen-bond donors (Lipinski definition) is 1. The molecule has 0 unspecified atom stereocenters. The third-order valence-electron chi connectivity index (χ3n) is 6.32. The van der Waals surface area contributed by atoms with Crippen LogP contribution in [0.5, 0.6) is 0 Å². The SMILES string of the molecule is Nc1ccccc1Cc1ccc(Br)c([P+](c2ccccc2)(c2ccccc2)c2ccc(Br)cc2)c1. The van der Waals surface area contributed by atoms with Gasteiger partial charge in [-0.3, -0.25) is 0 Å². The lowest BCUT2D eigenvalue weighted by atomic mass is 10.0. The van der Waals surface area contributed by atoms with Crippen LogP contribution in [0.4, 0.5) is 5.69 Å². The Balaban J connectivity index is 1.81. The lowest BCUT2D eigenvalue weighted by molar-refractivity contribution is 1.20. The summed E-state index contributed by atoms with van der Waals surface area (Å²) in [6.07, 6.45) is 0.789. The maximum atomic E-state index is 6.30. The number of hydrogen-bond acceptors (Lipinski definition) is 1. The fraction of sp³-hybridized carbons (Fsp3) is 0.0323. The zero-order chi connectivity index (χ0) is 24.3. The minimum Gasteiger partial charge on any atom is -0.398 e. The first kappa shape index (κ1) is 24.0. The molecule has 172 valence electrons. The van der Waals surface area contributed by atoms with Crippen LogP contribution in [0.2, 0.25) is 0 Å². The Hall–Kier alpha value is -2.71. The van der Waals surface area contributed by atoms with E-state index in [1.165, 1.54) is 26.8 Å². The van der Waals surface area contributed by atoms with Gasteiger partial charge in [-0.1, -0.05) is 76.6 Å². The predicted molar refractivity (Wildman–Crippen MR) is 160 cm³/mol. The molecule has 0 aliphatic rings. The molecule has 0 aliphatic carbocycles. The van der Waals surface area contributed by atoms with Crippen molar-refractivity contribution in [3.63, 3.8) is 0 Å². The van der Waals surface area contributed by atoms with Crippen LogP contribution >= 0.6 is 39.1 Å². The highest BCUT2D eigenvalue weighted by atomic mass is 79.9. The van der Waals surface area contributed by atoms with E-state index in [2.05, 4.69) is 147 Å². The Morgan fingerprint density at radius 3 is 1.71 bits per heavy atom. The van der Waals surface area contributed by atoms with Gasteiger partial charge < -0.3 is 5.73 Å². The number of nitrogens with two attached hydrogens (primary N) is 1. The quantitative estimate of drug-likeness (QED) is 0.164. The average molecular weight is 602 g/mol. The van der Waals surface area contributed by atoms with Gasteiger partial charge in [-0.2, -0.15) is 0 Å². The number of para-hydroxylation sites is 1. The Morgan fingerprint density at radius 1 is 0.571 bits per heavy atom. The van der Waals surface area contributed by atoms with E-state index in [0.717, 1.165) is 26.6 Å². The topological polar surface area (TPSA) is 26.0 Å². The van der Waals surface area contributed by atoms with Gasteiger partial charge in [0.25, 0.3) is 0 Å². The molecule has 0 saturated heterocycles. The third-order valence-corrected chi connectivity index (χ3v) is 12.2. The molecule has 0 amide bonds. The largest absolute Gasteiger partial charge is 0.398 e. The van der Waals surface area contributed by atoms with Gasteiger partial charge in [-0.25, -0.2) is 0 Å². The van der Waals surface area contributed by atoms with Crippen molar-refractivity contribution in [2.24, 2.45) is 0 Å². The van der Waals surface area contributed by atoms with E-state index >= 15 is 0 Å². The molecule has 0 aromatic heterocycles. The molecule has 0 aliphatic heterocycles. The molecule has 5 aromatic rings. The summed E-state index contributed by atoms with van der Waals surface area (Å²) < 4.78 is 2.19. The van der Waals surface area contributed by atoms with Crippen molar-refractivity contribution < 1.29 is 0 Å². The molecule has 35 heavy (non-hydrogen) atoms. The van der Waals surface area contributed by atoms with Gasteiger partial charge in [0.1, 0.15) is 28.5 Å². The molecule has 0 spiro atoms. The number of anilines is 1. The van der Waals surface area contributed by atoms with E-state index < -0.39 is 7.26 Å². The van der Waals surface area contributed by atoms with Crippen LogP contribution < -0.4 is 27.0 Å². The van der Waals surface area contributed by atoms with Crippen LogP contribution in [-0.4, -0.2) is 0 Å². The zero-order valence-corrected chi connectivity index (χ0v) is 23.2. The van der Waals surface area contributed by atoms with E-state index in [-0.39, 0.29) is 0 Å². The highest BCUT2D eigenvalue weighted by Gasteiger charge is 2.49. The highest BCUT2D eigenvalue weighted by molar-refractivity contribution is 9.11. The van der Waals surface area contributed by atoms with Crippen LogP contribution in [-0.2, 0) is 6.42 Å². The molecule has 0 radical (unpaired) electrons. The second-order valence-corrected chi connectivity index (χ2v) is 13.6. The fourth-order valence-corrected chi connectivity index (χ4v) is 10.3. The minimum absolute atomic E-state index is 0.789. The van der Waals surface area contributed by atoms with Crippen molar-refractivity contribution in [2.45, 2.75) is 6.42 Å². The number of nitrogen functional groups attached to an aromatic ring is 1. The molecular weight excluding hydrogens is 577 g/mol. The standard InChI is InChI=1S/C31H25Br2NP/c32-25-16-18-28(19-17-25)35(26-10-3-1-4-11-26,27-12-5-2-6-13-27)31-22-23(15-20-29(31)33)21-24-9-7-8-14-30(24)34/h1-20,22H,21,34H2/q+1. The molecule has 0 heterocycles. The summed E-state index contributed by atoms with van der Waals surface area (Å²) in [7, 11) is -2.21. The Kier molecular flexibility index (Phi) is 7.20. The first-order chi connectivity index (χ1) is 17.1. The summed E-state index contributed by atoms with van der Waals surface area (Å²) in [5.41, 5.74) is 9.52. The van der Waals surface area contributed by atoms with Crippen LogP contribution in [0.25, 0.3) is 0 Å². The molecule has 0 bridgehead atoms. The van der Waals surface area contributed by atoms with Crippen LogP contribution in [0.1, 0.15) is 11.1 Å². The molecule has 0 saturated carbocycles. The molecule has 1 nitrogen and oxygen atoms in total. The monoisotopic (exact) mass is 600 g/mol. The van der Waals surface area contributed by atoms with E-state index in [1.54, 1.807) is 0 Å². The van der Waals surface area contributed by atoms with Crippen molar-refractivity contribution in [2.75, 3.05) is 5.73 Å². The van der Waals surface area contributed by atoms with Crippen LogP contribution in [0, 0.1) is 0 Å². The zero-order valence-electron chi connectivity index (χ0n) is 19.1. The summed E-state index contributed by atoms with van der Waals surface area (Å²) >= 11 is 7.61. The summed E-state index contributed by atoms with van der Waals surface area (Å²) in [4.78, 5) is 0. The average Bonchev–Trinajstić information content (AvgIpc) is 2.90. The normalized spacial score (nSPS) is 11.4. The summed E-state index contributed by atoms with van der Waals surface area (Å²) in [5, 5.41) is 5.27. The number of benzene rings is 5. The Bertz CT molecular complexity index is 1400.